The molecule has 2 unspecified atom stereocenters. The van der Waals surface area contributed by atoms with Gasteiger partial charge < -0.3 is 58.0 Å². The first-order chi connectivity index (χ1) is 36.1. The van der Waals surface area contributed by atoms with E-state index in [1.165, 1.54) is 0 Å². The van der Waals surface area contributed by atoms with Crippen LogP contribution in [0.1, 0.15) is 69.7 Å². The Labute approximate surface area is 442 Å². The molecule has 392 valence electrons. The zero-order chi connectivity index (χ0) is 52.0. The molecule has 0 bridgehead atoms. The van der Waals surface area contributed by atoms with Gasteiger partial charge in [0.05, 0.1) is 75.8 Å². The highest BCUT2D eigenvalue weighted by Gasteiger charge is 2.38. The number of anilines is 4. The lowest BCUT2D eigenvalue weighted by Crippen LogP contribution is -2.39. The molecule has 0 fully saturated rings. The lowest BCUT2D eigenvalue weighted by atomic mass is 10.1. The summed E-state index contributed by atoms with van der Waals surface area (Å²) in [5.74, 6) is 2.53. The summed E-state index contributed by atoms with van der Waals surface area (Å²) >= 11 is 0. The molecule has 2 atom stereocenters. The van der Waals surface area contributed by atoms with Crippen LogP contribution < -0.4 is 39.0 Å². The summed E-state index contributed by atoms with van der Waals surface area (Å²) in [6, 6.07) is 29.3. The Morgan fingerprint density at radius 2 is 1.50 bits per heavy atom. The van der Waals surface area contributed by atoms with Crippen LogP contribution in [0, 0.1) is 0 Å². The molecule has 74 heavy (non-hydrogen) atoms. The summed E-state index contributed by atoms with van der Waals surface area (Å²) in [4.78, 5) is 50.2. The van der Waals surface area contributed by atoms with Crippen molar-refractivity contribution in [1.29, 1.82) is 0 Å². The van der Waals surface area contributed by atoms with Gasteiger partial charge in [0, 0.05) is 79.9 Å². The van der Waals surface area contributed by atoms with E-state index in [1.54, 1.807) is 72.9 Å². The van der Waals surface area contributed by atoms with Crippen molar-refractivity contribution in [2.45, 2.75) is 64.0 Å². The molecule has 0 radical (unpaired) electrons. The largest absolute Gasteiger partial charge is 0.493 e. The molecule has 5 aromatic carbocycles. The number of amides is 2. The Kier molecular flexibility index (Phi) is 19.2. The smallest absolute Gasteiger partial charge is 0.260 e. The molecule has 0 saturated carbocycles. The van der Waals surface area contributed by atoms with Gasteiger partial charge in [0.25, 0.3) is 11.8 Å². The minimum Gasteiger partial charge on any atom is -0.493 e. The molecule has 8 rings (SSSR count). The van der Waals surface area contributed by atoms with Crippen LogP contribution in [0.2, 0.25) is 0 Å². The van der Waals surface area contributed by atoms with E-state index in [1.807, 2.05) is 59.5 Å². The predicted octanol–water partition coefficient (Wildman–Crippen LogP) is 10.0. The third-order valence-electron chi connectivity index (χ3n) is 13.1. The van der Waals surface area contributed by atoms with E-state index in [0.29, 0.717) is 111 Å². The van der Waals surface area contributed by atoms with Crippen molar-refractivity contribution in [2.24, 2.45) is 4.99 Å². The number of carbonyl (C=O) groups excluding carboxylic acids is 3. The van der Waals surface area contributed by atoms with Crippen LogP contribution in [0.25, 0.3) is 0 Å². The van der Waals surface area contributed by atoms with Gasteiger partial charge in [0.15, 0.2) is 23.0 Å². The van der Waals surface area contributed by atoms with Crippen molar-refractivity contribution in [2.75, 3.05) is 106 Å². The second kappa shape index (κ2) is 26.3. The van der Waals surface area contributed by atoms with Gasteiger partial charge in [-0.15, -0.1) is 0 Å². The average Bonchev–Trinajstić information content (AvgIpc) is 3.99. The van der Waals surface area contributed by atoms with E-state index < -0.39 is 0 Å². The van der Waals surface area contributed by atoms with Gasteiger partial charge in [-0.3, -0.25) is 14.6 Å². The number of ketones is 1. The molecule has 0 spiro atoms. The fraction of sp³-hybridized carbons (Fsp3) is 0.404. The number of benzene rings is 5. The fourth-order valence-electron chi connectivity index (χ4n) is 9.49. The molecule has 17 heteroatoms. The Balaban J connectivity index is 1.07. The van der Waals surface area contributed by atoms with Crippen LogP contribution in [0.4, 0.5) is 28.4 Å². The van der Waals surface area contributed by atoms with Crippen molar-refractivity contribution in [3.63, 3.8) is 0 Å². The van der Waals surface area contributed by atoms with Crippen LogP contribution in [0.15, 0.2) is 96.0 Å². The van der Waals surface area contributed by atoms with Gasteiger partial charge in [-0.25, -0.2) is 0 Å². The number of methoxy groups -OCH3 is 3. The second-order valence-corrected chi connectivity index (χ2v) is 21.3. The molecular formula is C57H67N5O10S2. The Hall–Kier alpha value is -6.24. The van der Waals surface area contributed by atoms with Crippen molar-refractivity contribution in [3.05, 3.63) is 124 Å². The molecule has 15 nitrogen and oxygen atoms in total. The molecule has 3 aliphatic heterocycles. The van der Waals surface area contributed by atoms with Crippen LogP contribution in [0.5, 0.6) is 23.0 Å². The third kappa shape index (κ3) is 13.3. The minimum absolute atomic E-state index is 0.0202. The van der Waals surface area contributed by atoms with E-state index >= 15 is 0 Å². The van der Waals surface area contributed by atoms with Crippen LogP contribution >= 0.6 is 21.6 Å². The highest BCUT2D eigenvalue weighted by atomic mass is 33.1. The number of rotatable bonds is 28. The van der Waals surface area contributed by atoms with E-state index in [4.69, 9.17) is 33.2 Å². The van der Waals surface area contributed by atoms with Gasteiger partial charge in [-0.2, -0.15) is 0 Å². The number of Topliss-reactive ketones (excluding diaryl/α,β-unsaturated/α-hetero) is 1. The highest BCUT2D eigenvalue weighted by Crippen LogP contribution is 2.42. The number of aliphatic imine (C=N–C) groups is 1. The van der Waals surface area contributed by atoms with Crippen LogP contribution in [-0.4, -0.2) is 122 Å². The SMILES string of the molecule is C=Nc1cc(OCc2cc(COc3cc4c(cc3OC)C(=O)N3c5ccccc5CC3CN4)cc(N(CCOCCOCCOC)CC(C)SSCCCC(C)=O)c2)c(OC)cc1C(=O)N1CCc2ccccc21. The Morgan fingerprint density at radius 3 is 2.22 bits per heavy atom. The summed E-state index contributed by atoms with van der Waals surface area (Å²) in [6.07, 6.45) is 2.96. The number of hydrogen-bond donors (Lipinski definition) is 1. The minimum atomic E-state index is -0.191. The second-order valence-electron chi connectivity index (χ2n) is 18.4. The molecular weight excluding hydrogens is 979 g/mol. The standard InChI is InChI=1S/C57H67N5O10S2/c1-38(63)12-11-25-73-74-39(2)35-60(19-20-69-23-24-70-22-21-66-4)44-27-40(36-71-54-32-48(58-3)46(30-52(54)67-5)56(64)61-18-17-42-13-7-9-15-50(42)61)26-41(28-44)37-72-55-33-49-47(31-53(55)68-6)57(65)62-45(34-59-49)29-43-14-8-10-16-51(43)62/h7-10,13-16,26-28,30-33,39,45,59H,3,11-12,17-25,29,34-37H2,1-2,4-6H3. The maximum absolute atomic E-state index is 14.2. The third-order valence-corrected chi connectivity index (χ3v) is 16.1. The molecule has 5 aromatic rings. The first-order valence-electron chi connectivity index (χ1n) is 25.1. The zero-order valence-corrected chi connectivity index (χ0v) is 44.7. The fourth-order valence-corrected chi connectivity index (χ4v) is 11.8. The quantitative estimate of drug-likeness (QED) is 0.0288. The molecule has 0 aromatic heterocycles. The van der Waals surface area contributed by atoms with E-state index in [-0.39, 0.29) is 42.1 Å². The first-order valence-corrected chi connectivity index (χ1v) is 27.5. The first kappa shape index (κ1) is 54.0. The van der Waals surface area contributed by atoms with Crippen molar-refractivity contribution in [3.8, 4) is 23.0 Å². The van der Waals surface area contributed by atoms with E-state index in [2.05, 4.69) is 47.0 Å². The van der Waals surface area contributed by atoms with Gasteiger partial charge >= 0.3 is 0 Å². The van der Waals surface area contributed by atoms with E-state index in [0.717, 1.165) is 64.3 Å². The molecule has 0 aliphatic carbocycles. The van der Waals surface area contributed by atoms with Gasteiger partial charge in [-0.05, 0) is 97.6 Å². The van der Waals surface area contributed by atoms with Crippen LogP contribution in [-0.2, 0) is 45.1 Å². The molecule has 1 N–H and O–H groups in total. The Morgan fingerprint density at radius 1 is 0.824 bits per heavy atom. The normalized spacial score (nSPS) is 14.8. The number of carbonyl (C=O) groups is 3. The summed E-state index contributed by atoms with van der Waals surface area (Å²) in [5, 5.41) is 3.75. The van der Waals surface area contributed by atoms with Crippen molar-refractivity contribution >= 4 is 74.3 Å². The highest BCUT2D eigenvalue weighted by molar-refractivity contribution is 8.76. The van der Waals surface area contributed by atoms with Crippen LogP contribution in [0.3, 0.4) is 0 Å². The number of ether oxygens (including phenoxy) is 7. The molecule has 2 amide bonds. The maximum atomic E-state index is 14.2. The number of fused-ring (bicyclic) bond motifs is 5. The summed E-state index contributed by atoms with van der Waals surface area (Å²) in [6.45, 7) is 12.7. The number of para-hydroxylation sites is 2. The zero-order valence-electron chi connectivity index (χ0n) is 43.0. The average molecular weight is 1050 g/mol. The summed E-state index contributed by atoms with van der Waals surface area (Å²) < 4.78 is 41.9. The topological polar surface area (TPSA) is 150 Å². The van der Waals surface area contributed by atoms with Gasteiger partial charge in [-0.1, -0.05) is 64.9 Å². The maximum Gasteiger partial charge on any atom is 0.260 e. The van der Waals surface area contributed by atoms with Crippen molar-refractivity contribution in [1.82, 2.24) is 0 Å². The summed E-state index contributed by atoms with van der Waals surface area (Å²) in [7, 11) is 8.36. The van der Waals surface area contributed by atoms with Gasteiger partial charge in [0.2, 0.25) is 0 Å². The monoisotopic (exact) mass is 1050 g/mol. The number of hydrogen-bond acceptors (Lipinski definition) is 15. The Bertz CT molecular complexity index is 2780. The predicted molar refractivity (Wildman–Crippen MR) is 297 cm³/mol. The lowest BCUT2D eigenvalue weighted by Gasteiger charge is -2.29. The van der Waals surface area contributed by atoms with Gasteiger partial charge in [0.1, 0.15) is 19.0 Å². The molecule has 3 aliphatic rings. The molecule has 0 saturated heterocycles. The molecule has 3 heterocycles. The summed E-state index contributed by atoms with van der Waals surface area (Å²) in [5.41, 5.74) is 8.70. The lowest BCUT2D eigenvalue weighted by molar-refractivity contribution is -0.117. The van der Waals surface area contributed by atoms with Crippen molar-refractivity contribution < 1.29 is 47.5 Å². The van der Waals surface area contributed by atoms with E-state index in [9.17, 15) is 14.4 Å². The number of nitrogens with one attached hydrogen (secondary N) is 1. The number of nitrogens with zero attached hydrogens (tertiary/aromatic N) is 4.